The third-order valence-electron chi connectivity index (χ3n) is 3.11. The Labute approximate surface area is 137 Å². The molecule has 0 unspecified atom stereocenters. The maximum atomic E-state index is 12.7. The SMILES string of the molecule is O=C(Cn1nc(-c2ccco2)oc1=O)Nc1cccc(C(F)(F)F)c1. The van der Waals surface area contributed by atoms with Crippen molar-refractivity contribution in [3.63, 3.8) is 0 Å². The molecule has 25 heavy (non-hydrogen) atoms. The fraction of sp³-hybridized carbons (Fsp3) is 0.133. The summed E-state index contributed by atoms with van der Waals surface area (Å²) in [5.74, 6) is -1.54. The van der Waals surface area contributed by atoms with Gasteiger partial charge in [0.2, 0.25) is 5.91 Å². The van der Waals surface area contributed by atoms with E-state index in [-0.39, 0.29) is 17.3 Å². The highest BCUT2D eigenvalue weighted by Gasteiger charge is 2.30. The molecule has 2 heterocycles. The van der Waals surface area contributed by atoms with Crippen LogP contribution in [0, 0.1) is 0 Å². The second kappa shape index (κ2) is 6.30. The van der Waals surface area contributed by atoms with Crippen LogP contribution in [0.5, 0.6) is 0 Å². The minimum atomic E-state index is -4.53. The molecule has 0 bridgehead atoms. The smallest absolute Gasteiger partial charge is 0.437 e. The molecule has 0 saturated heterocycles. The predicted octanol–water partition coefficient (Wildman–Crippen LogP) is 2.75. The highest BCUT2D eigenvalue weighted by Crippen LogP contribution is 2.30. The monoisotopic (exact) mass is 353 g/mol. The zero-order valence-corrected chi connectivity index (χ0v) is 12.4. The van der Waals surface area contributed by atoms with Crippen molar-refractivity contribution in [1.82, 2.24) is 9.78 Å². The first-order valence-electron chi connectivity index (χ1n) is 6.92. The number of rotatable bonds is 4. The van der Waals surface area contributed by atoms with Gasteiger partial charge in [0, 0.05) is 5.69 Å². The van der Waals surface area contributed by atoms with Crippen LogP contribution in [0.15, 0.2) is 56.3 Å². The number of halogens is 3. The Morgan fingerprint density at radius 3 is 2.72 bits per heavy atom. The molecule has 3 rings (SSSR count). The molecule has 7 nitrogen and oxygen atoms in total. The standard InChI is InChI=1S/C15H10F3N3O4/c16-15(17,18)9-3-1-4-10(7-9)19-12(22)8-21-14(23)25-13(20-21)11-5-2-6-24-11/h1-7H,8H2,(H,19,22). The Bertz CT molecular complexity index is 942. The maximum Gasteiger partial charge on any atom is 0.437 e. The van der Waals surface area contributed by atoms with Gasteiger partial charge in [-0.1, -0.05) is 6.07 Å². The molecule has 0 aliphatic rings. The van der Waals surface area contributed by atoms with E-state index in [4.69, 9.17) is 8.83 Å². The molecular weight excluding hydrogens is 343 g/mol. The van der Waals surface area contributed by atoms with Gasteiger partial charge in [0.05, 0.1) is 11.8 Å². The average molecular weight is 353 g/mol. The number of hydrogen-bond donors (Lipinski definition) is 1. The molecule has 0 spiro atoms. The lowest BCUT2D eigenvalue weighted by molar-refractivity contribution is -0.137. The lowest BCUT2D eigenvalue weighted by atomic mass is 10.2. The average Bonchev–Trinajstić information content (AvgIpc) is 3.17. The van der Waals surface area contributed by atoms with E-state index in [1.807, 2.05) is 0 Å². The third-order valence-corrected chi connectivity index (χ3v) is 3.11. The number of carbonyl (C=O) groups excluding carboxylic acids is 1. The van der Waals surface area contributed by atoms with Gasteiger partial charge in [0.1, 0.15) is 6.54 Å². The Morgan fingerprint density at radius 1 is 1.24 bits per heavy atom. The summed E-state index contributed by atoms with van der Waals surface area (Å²) in [7, 11) is 0. The van der Waals surface area contributed by atoms with E-state index in [2.05, 4.69) is 10.4 Å². The first-order valence-corrected chi connectivity index (χ1v) is 6.92. The van der Waals surface area contributed by atoms with Crippen molar-refractivity contribution in [2.45, 2.75) is 12.7 Å². The fourth-order valence-electron chi connectivity index (χ4n) is 2.02. The number of alkyl halides is 3. The minimum Gasteiger partial charge on any atom is -0.459 e. The molecule has 0 radical (unpaired) electrons. The zero-order valence-electron chi connectivity index (χ0n) is 12.4. The van der Waals surface area contributed by atoms with Crippen LogP contribution in [-0.2, 0) is 17.5 Å². The molecule has 1 N–H and O–H groups in total. The van der Waals surface area contributed by atoms with Crippen LogP contribution < -0.4 is 11.1 Å². The van der Waals surface area contributed by atoms with E-state index in [0.717, 1.165) is 22.9 Å². The van der Waals surface area contributed by atoms with Gasteiger partial charge in [-0.3, -0.25) is 4.79 Å². The van der Waals surface area contributed by atoms with Crippen molar-refractivity contribution in [3.8, 4) is 11.7 Å². The van der Waals surface area contributed by atoms with Crippen LogP contribution in [0.1, 0.15) is 5.56 Å². The lowest BCUT2D eigenvalue weighted by Crippen LogP contribution is -2.26. The highest BCUT2D eigenvalue weighted by molar-refractivity contribution is 5.90. The number of anilines is 1. The van der Waals surface area contributed by atoms with Gasteiger partial charge in [-0.25, -0.2) is 4.79 Å². The molecule has 0 aliphatic heterocycles. The predicted molar refractivity (Wildman–Crippen MR) is 78.5 cm³/mol. The summed E-state index contributed by atoms with van der Waals surface area (Å²) < 4.78 is 48.6. The molecule has 2 aromatic heterocycles. The Balaban J connectivity index is 1.72. The minimum absolute atomic E-state index is 0.0531. The molecule has 3 aromatic rings. The summed E-state index contributed by atoms with van der Waals surface area (Å²) in [5.41, 5.74) is -0.952. The summed E-state index contributed by atoms with van der Waals surface area (Å²) in [6.07, 6.45) is -3.17. The Hall–Kier alpha value is -3.30. The molecule has 0 aliphatic carbocycles. The molecule has 10 heteroatoms. The van der Waals surface area contributed by atoms with E-state index < -0.39 is 29.9 Å². The summed E-state index contributed by atoms with van der Waals surface area (Å²) in [5, 5.41) is 6.06. The van der Waals surface area contributed by atoms with Crippen molar-refractivity contribution in [2.75, 3.05) is 5.32 Å². The van der Waals surface area contributed by atoms with Gasteiger partial charge >= 0.3 is 11.9 Å². The number of amides is 1. The number of nitrogens with zero attached hydrogens (tertiary/aromatic N) is 2. The van der Waals surface area contributed by atoms with Crippen LogP contribution >= 0.6 is 0 Å². The van der Waals surface area contributed by atoms with Crippen molar-refractivity contribution in [3.05, 3.63) is 58.8 Å². The molecule has 0 fully saturated rings. The molecule has 130 valence electrons. The second-order valence-corrected chi connectivity index (χ2v) is 4.93. The van der Waals surface area contributed by atoms with Crippen LogP contribution in [0.2, 0.25) is 0 Å². The van der Waals surface area contributed by atoms with Crippen LogP contribution in [0.3, 0.4) is 0 Å². The van der Waals surface area contributed by atoms with Crippen LogP contribution in [0.25, 0.3) is 11.7 Å². The van der Waals surface area contributed by atoms with Gasteiger partial charge in [-0.2, -0.15) is 17.9 Å². The molecule has 0 saturated carbocycles. The summed E-state index contributed by atoms with van der Waals surface area (Å²) in [6, 6.07) is 7.21. The van der Waals surface area contributed by atoms with Gasteiger partial charge in [0.15, 0.2) is 5.76 Å². The van der Waals surface area contributed by atoms with E-state index in [0.29, 0.717) is 0 Å². The summed E-state index contributed by atoms with van der Waals surface area (Å²) >= 11 is 0. The molecule has 0 atom stereocenters. The second-order valence-electron chi connectivity index (χ2n) is 4.93. The number of hydrogen-bond acceptors (Lipinski definition) is 5. The topological polar surface area (TPSA) is 90.3 Å². The van der Waals surface area contributed by atoms with E-state index in [1.54, 1.807) is 6.07 Å². The Morgan fingerprint density at radius 2 is 2.04 bits per heavy atom. The number of carbonyl (C=O) groups is 1. The number of furan rings is 1. The highest BCUT2D eigenvalue weighted by atomic mass is 19.4. The third kappa shape index (κ3) is 3.79. The first kappa shape index (κ1) is 16.6. The molecule has 1 aromatic carbocycles. The summed E-state index contributed by atoms with van der Waals surface area (Å²) in [6.45, 7) is -0.528. The van der Waals surface area contributed by atoms with Crippen LogP contribution in [-0.4, -0.2) is 15.7 Å². The van der Waals surface area contributed by atoms with Crippen molar-refractivity contribution in [2.24, 2.45) is 0 Å². The van der Waals surface area contributed by atoms with Crippen molar-refractivity contribution < 1.29 is 26.8 Å². The van der Waals surface area contributed by atoms with E-state index >= 15 is 0 Å². The Kier molecular flexibility index (Phi) is 4.17. The molecular formula is C15H10F3N3O4. The van der Waals surface area contributed by atoms with E-state index in [1.165, 1.54) is 18.4 Å². The van der Waals surface area contributed by atoms with Gasteiger partial charge in [0.25, 0.3) is 5.89 Å². The van der Waals surface area contributed by atoms with Crippen LogP contribution in [0.4, 0.5) is 18.9 Å². The quantitative estimate of drug-likeness (QED) is 0.779. The number of benzene rings is 1. The summed E-state index contributed by atoms with van der Waals surface area (Å²) in [4.78, 5) is 23.6. The van der Waals surface area contributed by atoms with Gasteiger partial charge < -0.3 is 14.2 Å². The van der Waals surface area contributed by atoms with Crippen molar-refractivity contribution >= 4 is 11.6 Å². The first-order chi connectivity index (χ1) is 11.8. The largest absolute Gasteiger partial charge is 0.459 e. The molecule has 1 amide bonds. The van der Waals surface area contributed by atoms with Crippen molar-refractivity contribution in [1.29, 1.82) is 0 Å². The maximum absolute atomic E-state index is 12.7. The zero-order chi connectivity index (χ0) is 18.0. The number of aromatic nitrogens is 2. The normalized spacial score (nSPS) is 11.5. The van der Waals surface area contributed by atoms with E-state index in [9.17, 15) is 22.8 Å². The fourth-order valence-corrected chi connectivity index (χ4v) is 2.02. The number of nitrogens with one attached hydrogen (secondary N) is 1. The van der Waals surface area contributed by atoms with Gasteiger partial charge in [-0.05, 0) is 30.3 Å². The lowest BCUT2D eigenvalue weighted by Gasteiger charge is -2.09. The van der Waals surface area contributed by atoms with Gasteiger partial charge in [-0.15, -0.1) is 5.10 Å².